The van der Waals surface area contributed by atoms with Gasteiger partial charge in [0.2, 0.25) is 6.79 Å². The number of benzene rings is 2. The summed E-state index contributed by atoms with van der Waals surface area (Å²) in [5, 5.41) is 16.6. The number of ether oxygens (including phenoxy) is 5. The normalized spacial score (nSPS) is 11.4. The quantitative estimate of drug-likeness (QED) is 0.113. The lowest BCUT2D eigenvalue weighted by Crippen LogP contribution is -2.31. The van der Waals surface area contributed by atoms with Crippen LogP contribution in [0.5, 0.6) is 17.2 Å². The molecule has 0 aliphatic heterocycles. The van der Waals surface area contributed by atoms with Gasteiger partial charge in [-0.1, -0.05) is 12.1 Å². The van der Waals surface area contributed by atoms with E-state index in [0.29, 0.717) is 0 Å². The molecule has 37 heavy (non-hydrogen) atoms. The molecule has 0 aromatic heterocycles. The minimum absolute atomic E-state index is 0.0147. The first-order valence-corrected chi connectivity index (χ1v) is 10.7. The summed E-state index contributed by atoms with van der Waals surface area (Å²) in [4.78, 5) is 52.4. The van der Waals surface area contributed by atoms with Crippen molar-refractivity contribution in [3.63, 3.8) is 0 Å². The van der Waals surface area contributed by atoms with Gasteiger partial charge in [-0.25, -0.2) is 14.4 Å². The van der Waals surface area contributed by atoms with E-state index in [1.54, 1.807) is 6.07 Å². The van der Waals surface area contributed by atoms with Crippen molar-refractivity contribution in [1.82, 2.24) is 5.39 Å². The Morgan fingerprint density at radius 2 is 1.62 bits per heavy atom. The highest BCUT2D eigenvalue weighted by Crippen LogP contribution is 2.29. The highest BCUT2D eigenvalue weighted by atomic mass is 17.1. The molecule has 0 heterocycles. The van der Waals surface area contributed by atoms with Crippen molar-refractivity contribution < 1.29 is 58.1 Å². The Kier molecular flexibility index (Phi) is 11.4. The zero-order valence-electron chi connectivity index (χ0n) is 19.9. The second-order valence-corrected chi connectivity index (χ2v) is 7.23. The number of nitrogens with two attached hydrogens (primary N) is 1. The van der Waals surface area contributed by atoms with Crippen LogP contribution < -0.4 is 19.9 Å². The fourth-order valence-corrected chi connectivity index (χ4v) is 2.60. The van der Waals surface area contributed by atoms with Crippen molar-refractivity contribution in [1.29, 1.82) is 0 Å². The van der Waals surface area contributed by atoms with E-state index in [2.05, 4.69) is 4.84 Å². The fraction of sp³-hybridized carbons (Fsp3) is 0.304. The summed E-state index contributed by atoms with van der Waals surface area (Å²) in [6, 6.07) is 8.73. The Balaban J connectivity index is 2.03. The molecule has 0 aliphatic rings. The van der Waals surface area contributed by atoms with E-state index < -0.39 is 42.1 Å². The third kappa shape index (κ3) is 9.83. The Hall–Kier alpha value is -4.08. The lowest BCUT2D eigenvalue weighted by Gasteiger charge is -2.14. The van der Waals surface area contributed by atoms with Gasteiger partial charge in [-0.05, 0) is 37.3 Å². The molecule has 1 unspecified atom stereocenters. The molecule has 200 valence electrons. The van der Waals surface area contributed by atoms with E-state index in [4.69, 9.17) is 39.8 Å². The molecule has 0 aliphatic carbocycles. The van der Waals surface area contributed by atoms with Crippen molar-refractivity contribution >= 4 is 23.9 Å². The number of rotatable bonds is 13. The molecule has 4 N–H and O–H groups in total. The van der Waals surface area contributed by atoms with E-state index in [1.165, 1.54) is 50.2 Å². The molecule has 2 aromatic carbocycles. The monoisotopic (exact) mass is 522 g/mol. The average molecular weight is 522 g/mol. The van der Waals surface area contributed by atoms with Crippen molar-refractivity contribution in [2.75, 3.05) is 20.0 Å². The second-order valence-electron chi connectivity index (χ2n) is 7.23. The Labute approximate surface area is 210 Å². The number of esters is 4. The van der Waals surface area contributed by atoms with Gasteiger partial charge in [0.15, 0.2) is 11.5 Å². The van der Waals surface area contributed by atoms with Crippen LogP contribution in [-0.2, 0) is 23.9 Å². The SMILES string of the molecule is CC(=O)Oc1ccccc1C(=O)OCOC(=O)c1ccc(OCCCON(O)O)c(OC(=O)C(C)N)c1. The van der Waals surface area contributed by atoms with Gasteiger partial charge < -0.3 is 29.4 Å². The van der Waals surface area contributed by atoms with Crippen molar-refractivity contribution in [3.05, 3.63) is 53.6 Å². The summed E-state index contributed by atoms with van der Waals surface area (Å²) in [5.41, 5.74) is 5.42. The molecule has 0 saturated carbocycles. The molecular formula is C23H26N2O12. The molecule has 0 bridgehead atoms. The molecular weight excluding hydrogens is 496 g/mol. The number of para-hydroxylation sites is 1. The van der Waals surface area contributed by atoms with Gasteiger partial charge in [-0.2, -0.15) is 0 Å². The highest BCUT2D eigenvalue weighted by Gasteiger charge is 2.19. The number of carbonyl (C=O) groups is 4. The zero-order valence-corrected chi connectivity index (χ0v) is 19.9. The predicted octanol–water partition coefficient (Wildman–Crippen LogP) is 1.62. The van der Waals surface area contributed by atoms with Gasteiger partial charge in [0.1, 0.15) is 17.4 Å². The van der Waals surface area contributed by atoms with Crippen LogP contribution in [0, 0.1) is 0 Å². The Bertz CT molecular complexity index is 1100. The smallest absolute Gasteiger partial charge is 0.344 e. The van der Waals surface area contributed by atoms with Crippen molar-refractivity contribution in [2.24, 2.45) is 5.73 Å². The van der Waals surface area contributed by atoms with Gasteiger partial charge in [0, 0.05) is 13.3 Å². The number of nitrogens with zero attached hydrogens (tertiary/aromatic N) is 1. The third-order valence-electron chi connectivity index (χ3n) is 4.26. The van der Waals surface area contributed by atoms with Gasteiger partial charge in [0.25, 0.3) is 0 Å². The molecule has 0 radical (unpaired) electrons. The van der Waals surface area contributed by atoms with E-state index in [0.717, 1.165) is 0 Å². The van der Waals surface area contributed by atoms with Crippen LogP contribution in [0.3, 0.4) is 0 Å². The molecule has 1 atom stereocenters. The first-order valence-electron chi connectivity index (χ1n) is 10.7. The van der Waals surface area contributed by atoms with Crippen LogP contribution in [0.4, 0.5) is 0 Å². The Morgan fingerprint density at radius 3 is 2.30 bits per heavy atom. The summed E-state index contributed by atoms with van der Waals surface area (Å²) < 4.78 is 25.5. The van der Waals surface area contributed by atoms with Crippen molar-refractivity contribution in [2.45, 2.75) is 26.3 Å². The summed E-state index contributed by atoms with van der Waals surface area (Å²) in [6.45, 7) is 1.77. The van der Waals surface area contributed by atoms with Gasteiger partial charge >= 0.3 is 23.9 Å². The van der Waals surface area contributed by atoms with Crippen LogP contribution >= 0.6 is 0 Å². The molecule has 0 spiro atoms. The molecule has 0 fully saturated rings. The maximum absolute atomic E-state index is 12.5. The standard InChI is InChI=1S/C23H26N2O12/c1-14(24)21(27)37-20-12-16(8-9-19(20)32-10-5-11-35-25(30)31)22(28)33-13-34-23(29)17-6-3-4-7-18(17)36-15(2)26/h3-4,6-9,12,14,30-31H,5,10-11,13,24H2,1-2H3. The molecule has 14 heteroatoms. The minimum atomic E-state index is -0.966. The maximum Gasteiger partial charge on any atom is 0.344 e. The third-order valence-corrected chi connectivity index (χ3v) is 4.26. The summed E-state index contributed by atoms with van der Waals surface area (Å²) >= 11 is 0. The lowest BCUT2D eigenvalue weighted by atomic mass is 10.2. The maximum atomic E-state index is 12.5. The summed E-state index contributed by atoms with van der Waals surface area (Å²) in [7, 11) is 0. The average Bonchev–Trinajstić information content (AvgIpc) is 2.84. The molecule has 14 nitrogen and oxygen atoms in total. The van der Waals surface area contributed by atoms with Gasteiger partial charge in [-0.3, -0.25) is 20.0 Å². The van der Waals surface area contributed by atoms with Crippen LogP contribution in [-0.4, -0.2) is 65.7 Å². The minimum Gasteiger partial charge on any atom is -0.490 e. The predicted molar refractivity (Wildman–Crippen MR) is 121 cm³/mol. The second kappa shape index (κ2) is 14.5. The van der Waals surface area contributed by atoms with E-state index in [1.807, 2.05) is 0 Å². The molecule has 0 saturated heterocycles. The van der Waals surface area contributed by atoms with Crippen LogP contribution in [0.25, 0.3) is 0 Å². The zero-order chi connectivity index (χ0) is 27.4. The van der Waals surface area contributed by atoms with Gasteiger partial charge in [-0.15, -0.1) is 0 Å². The lowest BCUT2D eigenvalue weighted by molar-refractivity contribution is -0.492. The van der Waals surface area contributed by atoms with Crippen LogP contribution in [0.2, 0.25) is 0 Å². The highest BCUT2D eigenvalue weighted by molar-refractivity contribution is 5.94. The molecule has 2 aromatic rings. The first kappa shape index (κ1) is 29.2. The van der Waals surface area contributed by atoms with E-state index >= 15 is 0 Å². The topological polar surface area (TPSA) is 193 Å². The van der Waals surface area contributed by atoms with E-state index in [9.17, 15) is 19.2 Å². The molecule has 0 amide bonds. The Morgan fingerprint density at radius 1 is 0.919 bits per heavy atom. The summed E-state index contributed by atoms with van der Waals surface area (Å²) in [5.74, 6) is -3.29. The van der Waals surface area contributed by atoms with E-state index in [-0.39, 0.29) is 48.0 Å². The number of hydrogen-bond acceptors (Lipinski definition) is 14. The van der Waals surface area contributed by atoms with Crippen LogP contribution in [0.1, 0.15) is 41.0 Å². The van der Waals surface area contributed by atoms with Crippen LogP contribution in [0.15, 0.2) is 42.5 Å². The first-order chi connectivity index (χ1) is 17.6. The molecule has 2 rings (SSSR count). The number of hydrogen-bond donors (Lipinski definition) is 3. The van der Waals surface area contributed by atoms with Gasteiger partial charge in [0.05, 0.1) is 24.2 Å². The number of carbonyl (C=O) groups excluding carboxylic acids is 4. The largest absolute Gasteiger partial charge is 0.490 e. The summed E-state index contributed by atoms with van der Waals surface area (Å²) in [6.07, 6.45) is 0.230. The van der Waals surface area contributed by atoms with Crippen molar-refractivity contribution in [3.8, 4) is 17.2 Å². The fourth-order valence-electron chi connectivity index (χ4n) is 2.60.